The number of hydrogen-bond acceptors (Lipinski definition) is 6. The van der Waals surface area contributed by atoms with Crippen LogP contribution in [-0.4, -0.2) is 49.3 Å². The molecule has 3 rings (SSSR count). The van der Waals surface area contributed by atoms with Crippen LogP contribution in [0.3, 0.4) is 0 Å². The molecule has 0 radical (unpaired) electrons. The Bertz CT molecular complexity index is 552. The Balaban J connectivity index is 1.56. The van der Waals surface area contributed by atoms with Crippen molar-refractivity contribution in [3.8, 4) is 5.19 Å². The molecule has 1 fully saturated rings. The highest BCUT2D eigenvalue weighted by Gasteiger charge is 2.10. The lowest BCUT2D eigenvalue weighted by Crippen LogP contribution is -2.38. The molecule has 0 bridgehead atoms. The predicted molar refractivity (Wildman–Crippen MR) is 76.8 cm³/mol. The second-order valence-electron chi connectivity index (χ2n) is 4.51. The SMILES string of the molecule is Nc1ccc2nc(OCCN3CCOCC3)sc2c1. The molecule has 5 nitrogen and oxygen atoms in total. The minimum Gasteiger partial charge on any atom is -0.469 e. The van der Waals surface area contributed by atoms with Gasteiger partial charge in [0.05, 0.1) is 23.4 Å². The number of benzene rings is 1. The lowest BCUT2D eigenvalue weighted by Gasteiger charge is -2.26. The van der Waals surface area contributed by atoms with E-state index in [1.807, 2.05) is 18.2 Å². The average Bonchev–Trinajstić information content (AvgIpc) is 2.82. The number of nitrogen functional groups attached to an aromatic ring is 1. The van der Waals surface area contributed by atoms with Crippen LogP contribution in [0.4, 0.5) is 5.69 Å². The number of fused-ring (bicyclic) bond motifs is 1. The molecule has 2 aromatic rings. The molecule has 0 atom stereocenters. The van der Waals surface area contributed by atoms with Crippen LogP contribution in [0.1, 0.15) is 0 Å². The highest BCUT2D eigenvalue weighted by atomic mass is 32.1. The van der Waals surface area contributed by atoms with Gasteiger partial charge in [0.15, 0.2) is 0 Å². The third-order valence-electron chi connectivity index (χ3n) is 3.13. The van der Waals surface area contributed by atoms with Crippen LogP contribution in [0.5, 0.6) is 5.19 Å². The average molecular weight is 279 g/mol. The zero-order valence-electron chi connectivity index (χ0n) is 10.7. The molecule has 0 unspecified atom stereocenters. The number of rotatable bonds is 4. The summed E-state index contributed by atoms with van der Waals surface area (Å²) in [5.41, 5.74) is 7.46. The molecule has 0 aliphatic carbocycles. The van der Waals surface area contributed by atoms with Crippen LogP contribution in [0.15, 0.2) is 18.2 Å². The Morgan fingerprint density at radius 1 is 1.37 bits per heavy atom. The van der Waals surface area contributed by atoms with E-state index in [0.29, 0.717) is 11.8 Å². The topological polar surface area (TPSA) is 60.6 Å². The van der Waals surface area contributed by atoms with Crippen molar-refractivity contribution in [2.75, 3.05) is 45.2 Å². The summed E-state index contributed by atoms with van der Waals surface area (Å²) in [4.78, 5) is 6.78. The zero-order chi connectivity index (χ0) is 13.1. The number of nitrogens with zero attached hydrogens (tertiary/aromatic N) is 2. The van der Waals surface area contributed by atoms with Gasteiger partial charge in [-0.05, 0) is 18.2 Å². The molecule has 1 saturated heterocycles. The van der Waals surface area contributed by atoms with Crippen LogP contribution in [0.2, 0.25) is 0 Å². The summed E-state index contributed by atoms with van der Waals surface area (Å²) < 4.78 is 12.1. The standard InChI is InChI=1S/C13H17N3O2S/c14-10-1-2-11-12(9-10)19-13(15-11)18-8-5-16-3-6-17-7-4-16/h1-2,9H,3-8,14H2. The largest absolute Gasteiger partial charge is 0.469 e. The van der Waals surface area contributed by atoms with Gasteiger partial charge >= 0.3 is 0 Å². The molecule has 0 spiro atoms. The van der Waals surface area contributed by atoms with Gasteiger partial charge in [0.1, 0.15) is 6.61 Å². The van der Waals surface area contributed by atoms with E-state index in [-0.39, 0.29) is 0 Å². The molecule has 2 heterocycles. The first kappa shape index (κ1) is 12.7. The number of hydrogen-bond donors (Lipinski definition) is 1. The molecule has 1 aromatic heterocycles. The van der Waals surface area contributed by atoms with Gasteiger partial charge in [-0.25, -0.2) is 4.98 Å². The Kier molecular flexibility index (Phi) is 3.82. The summed E-state index contributed by atoms with van der Waals surface area (Å²) in [6.45, 7) is 5.19. The van der Waals surface area contributed by atoms with Crippen LogP contribution in [0, 0.1) is 0 Å². The van der Waals surface area contributed by atoms with E-state index in [1.54, 1.807) is 11.3 Å². The fourth-order valence-electron chi connectivity index (χ4n) is 2.07. The third kappa shape index (κ3) is 3.15. The Hall–Kier alpha value is -1.37. The fourth-order valence-corrected chi connectivity index (χ4v) is 2.96. The van der Waals surface area contributed by atoms with Crippen molar-refractivity contribution >= 4 is 27.2 Å². The van der Waals surface area contributed by atoms with Gasteiger partial charge in [0.2, 0.25) is 0 Å². The number of anilines is 1. The number of nitrogens with two attached hydrogens (primary N) is 1. The molecule has 2 N–H and O–H groups in total. The minimum atomic E-state index is 0.662. The summed E-state index contributed by atoms with van der Waals surface area (Å²) in [7, 11) is 0. The van der Waals surface area contributed by atoms with Crippen molar-refractivity contribution in [1.82, 2.24) is 9.88 Å². The second kappa shape index (κ2) is 5.73. The molecule has 0 amide bonds. The summed E-state index contributed by atoms with van der Waals surface area (Å²) in [6.07, 6.45) is 0. The summed E-state index contributed by atoms with van der Waals surface area (Å²) in [6, 6.07) is 5.72. The van der Waals surface area contributed by atoms with Crippen molar-refractivity contribution in [2.24, 2.45) is 0 Å². The van der Waals surface area contributed by atoms with Crippen molar-refractivity contribution in [1.29, 1.82) is 0 Å². The van der Waals surface area contributed by atoms with Gasteiger partial charge in [-0.3, -0.25) is 4.90 Å². The Morgan fingerprint density at radius 2 is 2.21 bits per heavy atom. The maximum Gasteiger partial charge on any atom is 0.274 e. The van der Waals surface area contributed by atoms with Gasteiger partial charge in [-0.15, -0.1) is 0 Å². The van der Waals surface area contributed by atoms with Gasteiger partial charge in [0, 0.05) is 25.3 Å². The number of thiazole rings is 1. The first-order chi connectivity index (χ1) is 9.31. The van der Waals surface area contributed by atoms with E-state index >= 15 is 0 Å². The monoisotopic (exact) mass is 279 g/mol. The smallest absolute Gasteiger partial charge is 0.274 e. The Morgan fingerprint density at radius 3 is 3.05 bits per heavy atom. The highest BCUT2D eigenvalue weighted by molar-refractivity contribution is 7.20. The van der Waals surface area contributed by atoms with Gasteiger partial charge < -0.3 is 15.2 Å². The van der Waals surface area contributed by atoms with Crippen LogP contribution >= 0.6 is 11.3 Å². The van der Waals surface area contributed by atoms with E-state index in [2.05, 4.69) is 9.88 Å². The minimum absolute atomic E-state index is 0.662. The van der Waals surface area contributed by atoms with E-state index in [4.69, 9.17) is 15.2 Å². The predicted octanol–water partition coefficient (Wildman–Crippen LogP) is 1.59. The normalized spacial score (nSPS) is 16.8. The maximum absolute atomic E-state index is 5.75. The van der Waals surface area contributed by atoms with Crippen LogP contribution in [0.25, 0.3) is 10.2 Å². The van der Waals surface area contributed by atoms with Crippen molar-refractivity contribution in [2.45, 2.75) is 0 Å². The number of morpholine rings is 1. The zero-order valence-corrected chi connectivity index (χ0v) is 11.5. The molecule has 1 aromatic carbocycles. The summed E-state index contributed by atoms with van der Waals surface area (Å²) in [5.74, 6) is 0. The van der Waals surface area contributed by atoms with E-state index in [9.17, 15) is 0 Å². The summed E-state index contributed by atoms with van der Waals surface area (Å²) in [5, 5.41) is 0.717. The summed E-state index contributed by atoms with van der Waals surface area (Å²) >= 11 is 1.54. The van der Waals surface area contributed by atoms with E-state index in [0.717, 1.165) is 48.8 Å². The van der Waals surface area contributed by atoms with Crippen molar-refractivity contribution in [3.05, 3.63) is 18.2 Å². The number of aromatic nitrogens is 1. The highest BCUT2D eigenvalue weighted by Crippen LogP contribution is 2.29. The molecule has 6 heteroatoms. The first-order valence-electron chi connectivity index (χ1n) is 6.40. The van der Waals surface area contributed by atoms with Crippen molar-refractivity contribution < 1.29 is 9.47 Å². The molecular formula is C13H17N3O2S. The quantitative estimate of drug-likeness (QED) is 0.861. The van der Waals surface area contributed by atoms with E-state index in [1.165, 1.54) is 0 Å². The fraction of sp³-hybridized carbons (Fsp3) is 0.462. The van der Waals surface area contributed by atoms with Gasteiger partial charge in [-0.2, -0.15) is 0 Å². The lowest BCUT2D eigenvalue weighted by molar-refractivity contribution is 0.0322. The molecule has 1 aliphatic heterocycles. The third-order valence-corrected chi connectivity index (χ3v) is 4.06. The lowest BCUT2D eigenvalue weighted by atomic mass is 10.3. The second-order valence-corrected chi connectivity index (χ2v) is 5.50. The van der Waals surface area contributed by atoms with E-state index < -0.39 is 0 Å². The molecule has 1 aliphatic rings. The molecule has 19 heavy (non-hydrogen) atoms. The molecule has 102 valence electrons. The maximum atomic E-state index is 5.75. The van der Waals surface area contributed by atoms with Crippen LogP contribution in [-0.2, 0) is 4.74 Å². The Labute approximate surface area is 115 Å². The molecular weight excluding hydrogens is 262 g/mol. The molecule has 0 saturated carbocycles. The van der Waals surface area contributed by atoms with Gasteiger partial charge in [0.25, 0.3) is 5.19 Å². The number of ether oxygens (including phenoxy) is 2. The van der Waals surface area contributed by atoms with Gasteiger partial charge in [-0.1, -0.05) is 11.3 Å². The van der Waals surface area contributed by atoms with Crippen LogP contribution < -0.4 is 10.5 Å². The van der Waals surface area contributed by atoms with Crippen molar-refractivity contribution in [3.63, 3.8) is 0 Å². The first-order valence-corrected chi connectivity index (χ1v) is 7.22.